The lowest BCUT2D eigenvalue weighted by atomic mass is 10.2. The Hall–Kier alpha value is -1.58. The molecule has 0 atom stereocenters. The first kappa shape index (κ1) is 21.6. The molecule has 2 aliphatic heterocycles. The lowest BCUT2D eigenvalue weighted by molar-refractivity contribution is -0.133. The molecule has 2 saturated heterocycles. The van der Waals surface area contributed by atoms with Crippen molar-refractivity contribution in [2.75, 3.05) is 69.6 Å². The highest BCUT2D eigenvalue weighted by atomic mass is 35.5. The number of thioether (sulfide) groups is 1. The molecule has 1 aromatic rings. The molecule has 30 heavy (non-hydrogen) atoms. The molecule has 0 radical (unpaired) electrons. The van der Waals surface area contributed by atoms with E-state index in [4.69, 9.17) is 11.6 Å². The van der Waals surface area contributed by atoms with E-state index in [2.05, 4.69) is 26.7 Å². The number of amides is 2. The van der Waals surface area contributed by atoms with E-state index in [1.54, 1.807) is 6.07 Å². The zero-order valence-electron chi connectivity index (χ0n) is 17.4. The Balaban J connectivity index is 1.30. The van der Waals surface area contributed by atoms with Gasteiger partial charge in [0.25, 0.3) is 0 Å². The number of carbonyl (C=O) groups excluding carboxylic acids is 2. The first-order chi connectivity index (χ1) is 14.5. The summed E-state index contributed by atoms with van der Waals surface area (Å²) in [5.41, 5.74) is 0. The third-order valence-electron chi connectivity index (χ3n) is 6.00. The van der Waals surface area contributed by atoms with E-state index < -0.39 is 0 Å². The number of nitrogens with zero attached hydrogens (tertiary/aromatic N) is 6. The van der Waals surface area contributed by atoms with Gasteiger partial charge in [-0.3, -0.25) is 9.59 Å². The van der Waals surface area contributed by atoms with Crippen LogP contribution >= 0.6 is 23.4 Å². The van der Waals surface area contributed by atoms with Gasteiger partial charge in [-0.25, -0.2) is 9.97 Å². The topological polar surface area (TPSA) is 72.9 Å². The number of aromatic nitrogens is 2. The standard InChI is InChI=1S/C20H29ClN6O2S/c1-2-24-5-7-26(8-6-24)18(28)14-30-20-22-16(21)13-17(23-20)25-9-11-27(12-10-25)19(29)15-3-4-15/h13,15H,2-12,14H2,1H3. The van der Waals surface area contributed by atoms with E-state index in [1.165, 1.54) is 11.8 Å². The molecule has 3 aliphatic rings. The molecule has 0 N–H and O–H groups in total. The number of piperazine rings is 2. The van der Waals surface area contributed by atoms with Crippen molar-refractivity contribution in [3.63, 3.8) is 0 Å². The molecule has 0 aromatic carbocycles. The summed E-state index contributed by atoms with van der Waals surface area (Å²) < 4.78 is 0. The summed E-state index contributed by atoms with van der Waals surface area (Å²) >= 11 is 7.57. The van der Waals surface area contributed by atoms with E-state index in [9.17, 15) is 9.59 Å². The minimum Gasteiger partial charge on any atom is -0.353 e. The summed E-state index contributed by atoms with van der Waals surface area (Å²) in [4.78, 5) is 42.1. The predicted molar refractivity (Wildman–Crippen MR) is 118 cm³/mol. The molecule has 0 spiro atoms. The summed E-state index contributed by atoms with van der Waals surface area (Å²) in [5.74, 6) is 1.75. The first-order valence-electron chi connectivity index (χ1n) is 10.7. The number of rotatable bonds is 6. The van der Waals surface area contributed by atoms with Crippen LogP contribution in [0.2, 0.25) is 5.15 Å². The highest BCUT2D eigenvalue weighted by Crippen LogP contribution is 2.31. The summed E-state index contributed by atoms with van der Waals surface area (Å²) in [5, 5.41) is 0.900. The smallest absolute Gasteiger partial charge is 0.233 e. The van der Waals surface area contributed by atoms with Gasteiger partial charge in [0.15, 0.2) is 5.16 Å². The van der Waals surface area contributed by atoms with Gasteiger partial charge in [0, 0.05) is 64.3 Å². The van der Waals surface area contributed by atoms with Crippen LogP contribution in [0.3, 0.4) is 0 Å². The number of hydrogen-bond acceptors (Lipinski definition) is 7. The molecule has 4 rings (SSSR count). The van der Waals surface area contributed by atoms with Crippen LogP contribution in [-0.4, -0.2) is 101 Å². The molecule has 2 amide bonds. The Kier molecular flexibility index (Phi) is 7.00. The molecule has 3 heterocycles. The van der Waals surface area contributed by atoms with Gasteiger partial charge in [-0.2, -0.15) is 0 Å². The largest absolute Gasteiger partial charge is 0.353 e. The fourth-order valence-corrected chi connectivity index (χ4v) is 4.87. The molecule has 8 nitrogen and oxygen atoms in total. The van der Waals surface area contributed by atoms with Crippen molar-refractivity contribution < 1.29 is 9.59 Å². The molecule has 3 fully saturated rings. The zero-order chi connectivity index (χ0) is 21.1. The van der Waals surface area contributed by atoms with Crippen LogP contribution in [-0.2, 0) is 9.59 Å². The van der Waals surface area contributed by atoms with Crippen LogP contribution < -0.4 is 4.90 Å². The van der Waals surface area contributed by atoms with Crippen molar-refractivity contribution in [2.24, 2.45) is 5.92 Å². The van der Waals surface area contributed by atoms with Gasteiger partial charge in [0.05, 0.1) is 5.75 Å². The Morgan fingerprint density at radius 3 is 2.33 bits per heavy atom. The molecule has 10 heteroatoms. The van der Waals surface area contributed by atoms with Gasteiger partial charge in [0.1, 0.15) is 11.0 Å². The predicted octanol–water partition coefficient (Wildman–Crippen LogP) is 1.44. The molecular formula is C20H29ClN6O2S. The summed E-state index contributed by atoms with van der Waals surface area (Å²) in [6.07, 6.45) is 2.07. The van der Waals surface area contributed by atoms with Crippen LogP contribution in [0, 0.1) is 5.92 Å². The van der Waals surface area contributed by atoms with E-state index in [0.717, 1.165) is 64.5 Å². The highest BCUT2D eigenvalue weighted by Gasteiger charge is 2.34. The minimum absolute atomic E-state index is 0.119. The van der Waals surface area contributed by atoms with Gasteiger partial charge in [-0.15, -0.1) is 0 Å². The zero-order valence-corrected chi connectivity index (χ0v) is 19.0. The summed E-state index contributed by atoms with van der Waals surface area (Å²) in [6, 6.07) is 1.76. The Bertz CT molecular complexity index is 777. The molecule has 1 aromatic heterocycles. The van der Waals surface area contributed by atoms with Crippen LogP contribution in [0.25, 0.3) is 0 Å². The maximum atomic E-state index is 12.5. The maximum Gasteiger partial charge on any atom is 0.233 e. The highest BCUT2D eigenvalue weighted by molar-refractivity contribution is 7.99. The van der Waals surface area contributed by atoms with E-state index >= 15 is 0 Å². The molecule has 164 valence electrons. The number of anilines is 1. The van der Waals surface area contributed by atoms with Gasteiger partial charge >= 0.3 is 0 Å². The van der Waals surface area contributed by atoms with Crippen molar-refractivity contribution >= 4 is 41.0 Å². The van der Waals surface area contributed by atoms with E-state index in [1.807, 2.05) is 9.80 Å². The van der Waals surface area contributed by atoms with E-state index in [-0.39, 0.29) is 11.8 Å². The molecule has 0 bridgehead atoms. The lowest BCUT2D eigenvalue weighted by Gasteiger charge is -2.35. The van der Waals surface area contributed by atoms with Crippen molar-refractivity contribution in [1.29, 1.82) is 0 Å². The summed E-state index contributed by atoms with van der Waals surface area (Å²) in [7, 11) is 0. The number of carbonyl (C=O) groups is 2. The fourth-order valence-electron chi connectivity index (χ4n) is 3.89. The van der Waals surface area contributed by atoms with Crippen molar-refractivity contribution in [2.45, 2.75) is 24.9 Å². The van der Waals surface area contributed by atoms with Crippen LogP contribution in [0.1, 0.15) is 19.8 Å². The van der Waals surface area contributed by atoms with Crippen LogP contribution in [0.15, 0.2) is 11.2 Å². The number of likely N-dealkylation sites (N-methyl/N-ethyl adjacent to an activating group) is 1. The minimum atomic E-state index is 0.119. The Labute approximate surface area is 186 Å². The average molecular weight is 453 g/mol. The van der Waals surface area contributed by atoms with Gasteiger partial charge in [0.2, 0.25) is 11.8 Å². The second-order valence-corrected chi connectivity index (χ2v) is 9.35. The second kappa shape index (κ2) is 9.70. The second-order valence-electron chi connectivity index (χ2n) is 8.02. The average Bonchev–Trinajstić information content (AvgIpc) is 3.62. The third kappa shape index (κ3) is 5.36. The monoisotopic (exact) mass is 452 g/mol. The number of hydrogen-bond donors (Lipinski definition) is 0. The summed E-state index contributed by atoms with van der Waals surface area (Å²) in [6.45, 7) is 9.47. The lowest BCUT2D eigenvalue weighted by Crippen LogP contribution is -2.49. The Morgan fingerprint density at radius 1 is 1.03 bits per heavy atom. The van der Waals surface area contributed by atoms with Gasteiger partial charge < -0.3 is 19.6 Å². The molecule has 0 unspecified atom stereocenters. The quantitative estimate of drug-likeness (QED) is 0.367. The third-order valence-corrected chi connectivity index (χ3v) is 7.03. The Morgan fingerprint density at radius 2 is 1.70 bits per heavy atom. The maximum absolute atomic E-state index is 12.5. The normalized spacial score (nSPS) is 20.5. The number of halogens is 1. The van der Waals surface area contributed by atoms with Crippen molar-refractivity contribution in [3.8, 4) is 0 Å². The molecular weight excluding hydrogens is 424 g/mol. The van der Waals surface area contributed by atoms with Crippen LogP contribution in [0.4, 0.5) is 5.82 Å². The van der Waals surface area contributed by atoms with E-state index in [0.29, 0.717) is 35.1 Å². The van der Waals surface area contributed by atoms with Crippen molar-refractivity contribution in [3.05, 3.63) is 11.2 Å². The molecule has 1 aliphatic carbocycles. The van der Waals surface area contributed by atoms with Gasteiger partial charge in [-0.1, -0.05) is 30.3 Å². The first-order valence-corrected chi connectivity index (χ1v) is 12.1. The van der Waals surface area contributed by atoms with Crippen LogP contribution in [0.5, 0.6) is 0 Å². The van der Waals surface area contributed by atoms with Crippen molar-refractivity contribution in [1.82, 2.24) is 24.7 Å². The molecule has 1 saturated carbocycles. The SMILES string of the molecule is CCN1CCN(C(=O)CSc2nc(Cl)cc(N3CCN(C(=O)C4CC4)CC3)n2)CC1. The van der Waals surface area contributed by atoms with Gasteiger partial charge in [-0.05, 0) is 19.4 Å². The fraction of sp³-hybridized carbons (Fsp3) is 0.700.